The standard InChI is InChI=1S/C20H12ClF4NO2/c21-15-5-1-13(17(22)10-15)9-19(27)18-8-4-14(11-26-18)12-2-6-16(7-3-12)28-20(23,24)25/h1-8,10-11H,9H2. The molecule has 0 saturated carbocycles. The molecule has 1 aromatic heterocycles. The third kappa shape index (κ3) is 5.07. The fraction of sp³-hybridized carbons (Fsp3) is 0.100. The smallest absolute Gasteiger partial charge is 0.406 e. The van der Waals surface area contributed by atoms with E-state index < -0.39 is 12.2 Å². The van der Waals surface area contributed by atoms with Crippen molar-refractivity contribution in [2.24, 2.45) is 0 Å². The van der Waals surface area contributed by atoms with Crippen molar-refractivity contribution >= 4 is 17.4 Å². The van der Waals surface area contributed by atoms with Gasteiger partial charge in [-0.15, -0.1) is 13.2 Å². The minimum atomic E-state index is -4.76. The molecule has 144 valence electrons. The Labute approximate surface area is 162 Å². The normalized spacial score (nSPS) is 11.3. The zero-order valence-electron chi connectivity index (χ0n) is 14.1. The molecule has 0 amide bonds. The highest BCUT2D eigenvalue weighted by molar-refractivity contribution is 6.30. The average Bonchev–Trinajstić information content (AvgIpc) is 2.63. The molecule has 0 radical (unpaired) electrons. The number of hydrogen-bond donors (Lipinski definition) is 0. The predicted molar refractivity (Wildman–Crippen MR) is 95.8 cm³/mol. The number of hydrogen-bond acceptors (Lipinski definition) is 3. The molecule has 2 aromatic carbocycles. The van der Waals surface area contributed by atoms with E-state index in [-0.39, 0.29) is 34.2 Å². The summed E-state index contributed by atoms with van der Waals surface area (Å²) in [6, 6.07) is 12.4. The van der Waals surface area contributed by atoms with Crippen LogP contribution in [0.15, 0.2) is 60.8 Å². The SMILES string of the molecule is O=C(Cc1ccc(Cl)cc1F)c1ccc(-c2ccc(OC(F)(F)F)cc2)cn1. The van der Waals surface area contributed by atoms with Crippen molar-refractivity contribution in [1.82, 2.24) is 4.98 Å². The summed E-state index contributed by atoms with van der Waals surface area (Å²) in [6.07, 6.45) is -3.50. The minimum Gasteiger partial charge on any atom is -0.406 e. The van der Waals surface area contributed by atoms with E-state index >= 15 is 0 Å². The third-order valence-corrected chi connectivity index (χ3v) is 4.07. The Morgan fingerprint density at radius 3 is 2.25 bits per heavy atom. The number of rotatable bonds is 5. The van der Waals surface area contributed by atoms with Gasteiger partial charge < -0.3 is 4.74 Å². The fourth-order valence-corrected chi connectivity index (χ4v) is 2.67. The first-order valence-electron chi connectivity index (χ1n) is 8.00. The third-order valence-electron chi connectivity index (χ3n) is 3.84. The van der Waals surface area contributed by atoms with Crippen LogP contribution in [0.2, 0.25) is 5.02 Å². The maximum absolute atomic E-state index is 13.8. The van der Waals surface area contributed by atoms with Gasteiger partial charge in [0.25, 0.3) is 0 Å². The molecule has 0 fully saturated rings. The summed E-state index contributed by atoms with van der Waals surface area (Å²) in [5.74, 6) is -1.28. The van der Waals surface area contributed by atoms with Crippen LogP contribution in [-0.4, -0.2) is 17.1 Å². The van der Waals surface area contributed by atoms with Gasteiger partial charge in [0, 0.05) is 23.2 Å². The molecule has 0 atom stereocenters. The van der Waals surface area contributed by atoms with E-state index in [9.17, 15) is 22.4 Å². The lowest BCUT2D eigenvalue weighted by Gasteiger charge is -2.09. The number of ketones is 1. The van der Waals surface area contributed by atoms with E-state index in [1.54, 1.807) is 6.07 Å². The Bertz CT molecular complexity index is 987. The topological polar surface area (TPSA) is 39.2 Å². The monoisotopic (exact) mass is 409 g/mol. The Morgan fingerprint density at radius 1 is 1.00 bits per heavy atom. The molecule has 3 rings (SSSR count). The first kappa shape index (κ1) is 19.8. The molecule has 0 spiro atoms. The number of benzene rings is 2. The number of pyridine rings is 1. The number of carbonyl (C=O) groups excluding carboxylic acids is 1. The summed E-state index contributed by atoms with van der Waals surface area (Å²) in [7, 11) is 0. The van der Waals surface area contributed by atoms with Gasteiger partial charge in [-0.3, -0.25) is 9.78 Å². The molecular weight excluding hydrogens is 398 g/mol. The van der Waals surface area contributed by atoms with Crippen molar-refractivity contribution in [3.05, 3.63) is 82.9 Å². The van der Waals surface area contributed by atoms with Gasteiger partial charge in [0.1, 0.15) is 17.3 Å². The van der Waals surface area contributed by atoms with Gasteiger partial charge in [-0.25, -0.2) is 4.39 Å². The number of ether oxygens (including phenoxy) is 1. The summed E-state index contributed by atoms with van der Waals surface area (Å²) in [5.41, 5.74) is 1.56. The van der Waals surface area contributed by atoms with E-state index in [2.05, 4.69) is 9.72 Å². The summed E-state index contributed by atoms with van der Waals surface area (Å²) in [6.45, 7) is 0. The first-order valence-corrected chi connectivity index (χ1v) is 8.38. The molecule has 0 aliphatic rings. The van der Waals surface area contributed by atoms with E-state index in [1.165, 1.54) is 48.7 Å². The van der Waals surface area contributed by atoms with E-state index in [0.29, 0.717) is 11.1 Å². The summed E-state index contributed by atoms with van der Waals surface area (Å²) >= 11 is 5.69. The number of Topliss-reactive ketones (excluding diaryl/α,β-unsaturated/α-hetero) is 1. The van der Waals surface area contributed by atoms with Gasteiger partial charge in [0.05, 0.1) is 0 Å². The Hall–Kier alpha value is -2.93. The number of alkyl halides is 3. The van der Waals surface area contributed by atoms with Crippen molar-refractivity contribution in [2.75, 3.05) is 0 Å². The van der Waals surface area contributed by atoms with Gasteiger partial charge >= 0.3 is 6.36 Å². The van der Waals surface area contributed by atoms with Gasteiger partial charge in [-0.1, -0.05) is 35.9 Å². The van der Waals surface area contributed by atoms with Crippen LogP contribution in [0.4, 0.5) is 17.6 Å². The fourth-order valence-electron chi connectivity index (χ4n) is 2.51. The predicted octanol–water partition coefficient (Wildman–Crippen LogP) is 5.87. The second kappa shape index (κ2) is 7.98. The zero-order chi connectivity index (χ0) is 20.3. The van der Waals surface area contributed by atoms with Crippen LogP contribution in [0.3, 0.4) is 0 Å². The van der Waals surface area contributed by atoms with Crippen LogP contribution < -0.4 is 4.74 Å². The molecule has 28 heavy (non-hydrogen) atoms. The lowest BCUT2D eigenvalue weighted by molar-refractivity contribution is -0.274. The van der Waals surface area contributed by atoms with Crippen LogP contribution in [-0.2, 0) is 6.42 Å². The van der Waals surface area contributed by atoms with E-state index in [0.717, 1.165) is 6.07 Å². The van der Waals surface area contributed by atoms with Gasteiger partial charge in [-0.05, 0) is 41.5 Å². The van der Waals surface area contributed by atoms with Gasteiger partial charge in [-0.2, -0.15) is 0 Å². The van der Waals surface area contributed by atoms with E-state index in [1.807, 2.05) is 0 Å². The Morgan fingerprint density at radius 2 is 1.68 bits per heavy atom. The molecule has 0 aliphatic carbocycles. The van der Waals surface area contributed by atoms with Crippen molar-refractivity contribution in [3.63, 3.8) is 0 Å². The lowest BCUT2D eigenvalue weighted by atomic mass is 10.0. The first-order chi connectivity index (χ1) is 13.2. The van der Waals surface area contributed by atoms with E-state index in [4.69, 9.17) is 11.6 Å². The molecule has 8 heteroatoms. The van der Waals surface area contributed by atoms with Crippen LogP contribution in [0, 0.1) is 5.82 Å². The molecule has 0 unspecified atom stereocenters. The molecule has 0 bridgehead atoms. The molecule has 0 N–H and O–H groups in total. The summed E-state index contributed by atoms with van der Waals surface area (Å²) in [5, 5.41) is 0.239. The van der Waals surface area contributed by atoms with Crippen molar-refractivity contribution < 1.29 is 27.1 Å². The quantitative estimate of drug-likeness (QED) is 0.391. The second-order valence-corrected chi connectivity index (χ2v) is 6.28. The minimum absolute atomic E-state index is 0.148. The molecular formula is C20H12ClF4NO2. The van der Waals surface area contributed by atoms with Crippen molar-refractivity contribution in [3.8, 4) is 16.9 Å². The van der Waals surface area contributed by atoms with Gasteiger partial charge in [0.15, 0.2) is 5.78 Å². The molecule has 0 saturated heterocycles. The highest BCUT2D eigenvalue weighted by Gasteiger charge is 2.30. The number of carbonyl (C=O) groups is 1. The highest BCUT2D eigenvalue weighted by Crippen LogP contribution is 2.26. The number of halogens is 5. The molecule has 3 aromatic rings. The molecule has 1 heterocycles. The molecule has 3 nitrogen and oxygen atoms in total. The lowest BCUT2D eigenvalue weighted by Crippen LogP contribution is -2.16. The van der Waals surface area contributed by atoms with Crippen molar-refractivity contribution in [1.29, 1.82) is 0 Å². The summed E-state index contributed by atoms with van der Waals surface area (Å²) < 4.78 is 54.2. The van der Waals surface area contributed by atoms with Crippen molar-refractivity contribution in [2.45, 2.75) is 12.8 Å². The average molecular weight is 410 g/mol. The van der Waals surface area contributed by atoms with Crippen LogP contribution in [0.1, 0.15) is 16.1 Å². The highest BCUT2D eigenvalue weighted by atomic mass is 35.5. The number of nitrogens with zero attached hydrogens (tertiary/aromatic N) is 1. The maximum atomic E-state index is 13.8. The Balaban J connectivity index is 1.71. The Kier molecular flexibility index (Phi) is 5.65. The van der Waals surface area contributed by atoms with Crippen LogP contribution in [0.25, 0.3) is 11.1 Å². The maximum Gasteiger partial charge on any atom is 0.573 e. The summed E-state index contributed by atoms with van der Waals surface area (Å²) in [4.78, 5) is 16.4. The largest absolute Gasteiger partial charge is 0.573 e. The zero-order valence-corrected chi connectivity index (χ0v) is 14.9. The van der Waals surface area contributed by atoms with Crippen LogP contribution in [0.5, 0.6) is 5.75 Å². The molecule has 0 aliphatic heterocycles. The van der Waals surface area contributed by atoms with Crippen LogP contribution >= 0.6 is 11.6 Å². The second-order valence-electron chi connectivity index (χ2n) is 5.84. The van der Waals surface area contributed by atoms with Gasteiger partial charge in [0.2, 0.25) is 0 Å². The number of aromatic nitrogens is 1.